The lowest BCUT2D eigenvalue weighted by molar-refractivity contribution is -0.130. The van der Waals surface area contributed by atoms with E-state index in [2.05, 4.69) is 0 Å². The molecule has 1 aliphatic rings. The number of aliphatic hydroxyl groups excluding tert-OH is 1. The summed E-state index contributed by atoms with van der Waals surface area (Å²) in [6, 6.07) is 0. The summed E-state index contributed by atoms with van der Waals surface area (Å²) >= 11 is 0. The topological polar surface area (TPSA) is 38.7 Å². The first-order valence-electron chi connectivity index (χ1n) is 4.16. The van der Waals surface area contributed by atoms with Crippen LogP contribution in [-0.2, 0) is 9.47 Å². The van der Waals surface area contributed by atoms with E-state index in [1.807, 2.05) is 0 Å². The number of hydrogen-bond acceptors (Lipinski definition) is 3. The largest absolute Gasteiger partial charge is 0.393 e. The van der Waals surface area contributed by atoms with Crippen LogP contribution in [0.5, 0.6) is 0 Å². The molecule has 1 atom stereocenters. The summed E-state index contributed by atoms with van der Waals surface area (Å²) in [5, 5.41) is 8.91. The molecular formula is C8H16O3. The van der Waals surface area contributed by atoms with Gasteiger partial charge in [0.15, 0.2) is 0 Å². The highest BCUT2D eigenvalue weighted by Gasteiger charge is 2.17. The van der Waals surface area contributed by atoms with Crippen molar-refractivity contribution in [3.8, 4) is 0 Å². The molecule has 1 unspecified atom stereocenters. The first-order valence-corrected chi connectivity index (χ1v) is 4.16. The second kappa shape index (κ2) is 4.70. The second-order valence-corrected chi connectivity index (χ2v) is 3.02. The Hall–Kier alpha value is -0.120. The minimum Gasteiger partial charge on any atom is -0.393 e. The zero-order chi connectivity index (χ0) is 8.10. The maximum atomic E-state index is 8.91. The molecule has 1 N–H and O–H groups in total. The standard InChI is InChI=1S/C8H16O3/c1-7(9)3-2-4-11-8-5-10-6-8/h7-9H,2-6H2,1H3. The van der Waals surface area contributed by atoms with E-state index < -0.39 is 0 Å². The van der Waals surface area contributed by atoms with Gasteiger partial charge in [0.1, 0.15) is 6.10 Å². The van der Waals surface area contributed by atoms with E-state index in [1.54, 1.807) is 6.92 Å². The average Bonchev–Trinajstić information content (AvgIpc) is 1.82. The predicted octanol–water partition coefficient (Wildman–Crippen LogP) is 0.563. The first-order chi connectivity index (χ1) is 5.29. The van der Waals surface area contributed by atoms with Gasteiger partial charge in [0.05, 0.1) is 19.3 Å². The van der Waals surface area contributed by atoms with Crippen LogP contribution in [-0.4, -0.2) is 37.1 Å². The van der Waals surface area contributed by atoms with Gasteiger partial charge in [0, 0.05) is 6.61 Å². The van der Waals surface area contributed by atoms with Crippen LogP contribution in [0.25, 0.3) is 0 Å². The van der Waals surface area contributed by atoms with Gasteiger partial charge in [-0.3, -0.25) is 0 Å². The van der Waals surface area contributed by atoms with E-state index in [-0.39, 0.29) is 6.10 Å². The van der Waals surface area contributed by atoms with Gasteiger partial charge in [0.25, 0.3) is 0 Å². The Balaban J connectivity index is 1.80. The van der Waals surface area contributed by atoms with Crippen LogP contribution in [0.2, 0.25) is 0 Å². The third kappa shape index (κ3) is 3.70. The molecule has 0 aromatic heterocycles. The maximum absolute atomic E-state index is 8.91. The minimum atomic E-state index is -0.198. The third-order valence-electron chi connectivity index (χ3n) is 1.73. The Labute approximate surface area is 67.3 Å². The SMILES string of the molecule is CC(O)CCCOC1COC1. The number of ether oxygens (including phenoxy) is 2. The van der Waals surface area contributed by atoms with Gasteiger partial charge in [-0.2, -0.15) is 0 Å². The van der Waals surface area contributed by atoms with Crippen molar-refractivity contribution in [2.24, 2.45) is 0 Å². The van der Waals surface area contributed by atoms with E-state index in [0.29, 0.717) is 6.10 Å². The Morgan fingerprint density at radius 1 is 1.64 bits per heavy atom. The fraction of sp³-hybridized carbons (Fsp3) is 1.00. The Bertz CT molecular complexity index is 99.5. The van der Waals surface area contributed by atoms with E-state index >= 15 is 0 Å². The maximum Gasteiger partial charge on any atom is 0.104 e. The number of hydrogen-bond donors (Lipinski definition) is 1. The van der Waals surface area contributed by atoms with Crippen molar-refractivity contribution in [3.63, 3.8) is 0 Å². The molecule has 0 aliphatic carbocycles. The molecule has 3 heteroatoms. The van der Waals surface area contributed by atoms with Crippen molar-refractivity contribution in [1.29, 1.82) is 0 Å². The van der Waals surface area contributed by atoms with Gasteiger partial charge in [-0.25, -0.2) is 0 Å². The molecular weight excluding hydrogens is 144 g/mol. The molecule has 1 saturated heterocycles. The molecule has 0 aromatic rings. The van der Waals surface area contributed by atoms with Crippen LogP contribution in [0.4, 0.5) is 0 Å². The average molecular weight is 160 g/mol. The zero-order valence-corrected chi connectivity index (χ0v) is 6.95. The molecule has 0 bridgehead atoms. The summed E-state index contributed by atoms with van der Waals surface area (Å²) in [4.78, 5) is 0. The summed E-state index contributed by atoms with van der Waals surface area (Å²) in [7, 11) is 0. The molecule has 0 aromatic carbocycles. The normalized spacial score (nSPS) is 21.3. The molecule has 1 aliphatic heterocycles. The highest BCUT2D eigenvalue weighted by molar-refractivity contribution is 4.63. The molecule has 3 nitrogen and oxygen atoms in total. The van der Waals surface area contributed by atoms with Crippen LogP contribution < -0.4 is 0 Å². The predicted molar refractivity (Wildman–Crippen MR) is 41.5 cm³/mol. The lowest BCUT2D eigenvalue weighted by Crippen LogP contribution is -2.36. The molecule has 66 valence electrons. The molecule has 0 spiro atoms. The summed E-state index contributed by atoms with van der Waals surface area (Å²) in [5.41, 5.74) is 0. The van der Waals surface area contributed by atoms with Crippen LogP contribution in [0, 0.1) is 0 Å². The fourth-order valence-electron chi connectivity index (χ4n) is 0.939. The van der Waals surface area contributed by atoms with Gasteiger partial charge >= 0.3 is 0 Å². The Morgan fingerprint density at radius 3 is 2.82 bits per heavy atom. The lowest BCUT2D eigenvalue weighted by Gasteiger charge is -2.25. The van der Waals surface area contributed by atoms with E-state index in [1.165, 1.54) is 0 Å². The molecule has 1 rings (SSSR count). The van der Waals surface area contributed by atoms with Crippen molar-refractivity contribution >= 4 is 0 Å². The molecule has 1 fully saturated rings. The van der Waals surface area contributed by atoms with Crippen LogP contribution in [0.1, 0.15) is 19.8 Å². The lowest BCUT2D eigenvalue weighted by atomic mass is 10.2. The molecule has 11 heavy (non-hydrogen) atoms. The fourth-order valence-corrected chi connectivity index (χ4v) is 0.939. The number of rotatable bonds is 5. The van der Waals surface area contributed by atoms with E-state index in [9.17, 15) is 0 Å². The van der Waals surface area contributed by atoms with Crippen molar-refractivity contribution in [3.05, 3.63) is 0 Å². The quantitative estimate of drug-likeness (QED) is 0.597. The summed E-state index contributed by atoms with van der Waals surface area (Å²) < 4.78 is 10.3. The molecule has 0 saturated carbocycles. The Morgan fingerprint density at radius 2 is 2.36 bits per heavy atom. The molecule has 0 radical (unpaired) electrons. The van der Waals surface area contributed by atoms with Crippen molar-refractivity contribution in [1.82, 2.24) is 0 Å². The summed E-state index contributed by atoms with van der Waals surface area (Å²) in [5.74, 6) is 0. The number of aliphatic hydroxyl groups is 1. The smallest absolute Gasteiger partial charge is 0.104 e. The molecule has 0 amide bonds. The second-order valence-electron chi connectivity index (χ2n) is 3.02. The molecule has 1 heterocycles. The summed E-state index contributed by atoms with van der Waals surface area (Å²) in [6.45, 7) is 4.04. The van der Waals surface area contributed by atoms with Crippen LogP contribution in [0.3, 0.4) is 0 Å². The van der Waals surface area contributed by atoms with Crippen molar-refractivity contribution < 1.29 is 14.6 Å². The van der Waals surface area contributed by atoms with Gasteiger partial charge < -0.3 is 14.6 Å². The van der Waals surface area contributed by atoms with Crippen molar-refractivity contribution in [2.75, 3.05) is 19.8 Å². The van der Waals surface area contributed by atoms with Gasteiger partial charge in [-0.1, -0.05) is 0 Å². The minimum absolute atomic E-state index is 0.198. The monoisotopic (exact) mass is 160 g/mol. The first kappa shape index (κ1) is 8.97. The van der Waals surface area contributed by atoms with E-state index in [0.717, 1.165) is 32.7 Å². The van der Waals surface area contributed by atoms with E-state index in [4.69, 9.17) is 14.6 Å². The zero-order valence-electron chi connectivity index (χ0n) is 6.95. The highest BCUT2D eigenvalue weighted by Crippen LogP contribution is 2.06. The highest BCUT2D eigenvalue weighted by atomic mass is 16.6. The van der Waals surface area contributed by atoms with Gasteiger partial charge in [-0.15, -0.1) is 0 Å². The van der Waals surface area contributed by atoms with Crippen LogP contribution >= 0.6 is 0 Å². The Kier molecular flexibility index (Phi) is 3.83. The summed E-state index contributed by atoms with van der Waals surface area (Å²) in [6.07, 6.45) is 1.89. The third-order valence-corrected chi connectivity index (χ3v) is 1.73. The van der Waals surface area contributed by atoms with Gasteiger partial charge in [0.2, 0.25) is 0 Å². The van der Waals surface area contributed by atoms with Gasteiger partial charge in [-0.05, 0) is 19.8 Å². The van der Waals surface area contributed by atoms with Crippen molar-refractivity contribution in [2.45, 2.75) is 32.0 Å². The van der Waals surface area contributed by atoms with Crippen LogP contribution in [0.15, 0.2) is 0 Å².